The van der Waals surface area contributed by atoms with Gasteiger partial charge in [-0.2, -0.15) is 8.75 Å². The second-order valence-corrected chi connectivity index (χ2v) is 7.34. The van der Waals surface area contributed by atoms with E-state index in [4.69, 9.17) is 9.47 Å². The fourth-order valence-electron chi connectivity index (χ4n) is 3.47. The molecule has 0 spiro atoms. The van der Waals surface area contributed by atoms with Crippen molar-refractivity contribution >= 4 is 23.6 Å². The number of rotatable bonds is 5. The summed E-state index contributed by atoms with van der Waals surface area (Å²) in [7, 11) is 1.37. The van der Waals surface area contributed by atoms with Gasteiger partial charge in [0.25, 0.3) is 5.91 Å². The summed E-state index contributed by atoms with van der Waals surface area (Å²) < 4.78 is 18.9. The van der Waals surface area contributed by atoms with Gasteiger partial charge in [0.2, 0.25) is 0 Å². The van der Waals surface area contributed by atoms with Crippen molar-refractivity contribution in [1.29, 1.82) is 0 Å². The predicted molar refractivity (Wildman–Crippen MR) is 108 cm³/mol. The smallest absolute Gasteiger partial charge is 0.338 e. The maximum Gasteiger partial charge on any atom is 0.338 e. The quantitative estimate of drug-likeness (QED) is 0.652. The zero-order valence-electron chi connectivity index (χ0n) is 16.0. The van der Waals surface area contributed by atoms with Crippen LogP contribution in [0.4, 0.5) is 0 Å². The molecule has 1 aromatic heterocycles. The highest BCUT2D eigenvalue weighted by Gasteiger charge is 2.28. The number of benzene rings is 2. The standard InChI is InChI=1S/C21H19N3O4S/c1-12-7-13-9-14(10-22-20(25)18-11-23-29-24-18)28-19(13)17(8-12)15-5-3-4-6-16(15)21(26)27-2/h3-8,11,14H,9-10H2,1-2H3,(H,22,25). The summed E-state index contributed by atoms with van der Waals surface area (Å²) in [6.45, 7) is 2.36. The van der Waals surface area contributed by atoms with Crippen LogP contribution in [-0.4, -0.2) is 40.4 Å². The average molecular weight is 409 g/mol. The lowest BCUT2D eigenvalue weighted by molar-refractivity contribution is 0.0601. The number of amides is 1. The molecule has 0 saturated heterocycles. The molecule has 29 heavy (non-hydrogen) atoms. The van der Waals surface area contributed by atoms with Gasteiger partial charge in [-0.15, -0.1) is 0 Å². The lowest BCUT2D eigenvalue weighted by Crippen LogP contribution is -2.34. The van der Waals surface area contributed by atoms with E-state index in [2.05, 4.69) is 20.1 Å². The van der Waals surface area contributed by atoms with Crippen LogP contribution in [0.5, 0.6) is 5.75 Å². The Morgan fingerprint density at radius 3 is 2.86 bits per heavy atom. The minimum absolute atomic E-state index is 0.202. The molecule has 148 valence electrons. The molecule has 1 aliphatic heterocycles. The van der Waals surface area contributed by atoms with E-state index in [1.807, 2.05) is 25.1 Å². The molecule has 8 heteroatoms. The van der Waals surface area contributed by atoms with Crippen LogP contribution in [0.25, 0.3) is 11.1 Å². The minimum atomic E-state index is -0.394. The van der Waals surface area contributed by atoms with Crippen LogP contribution >= 0.6 is 11.7 Å². The molecule has 2 aromatic carbocycles. The molecule has 0 bridgehead atoms. The van der Waals surface area contributed by atoms with Crippen LogP contribution < -0.4 is 10.1 Å². The molecule has 3 aromatic rings. The highest BCUT2D eigenvalue weighted by Crippen LogP contribution is 2.41. The van der Waals surface area contributed by atoms with Gasteiger partial charge in [0.05, 0.1) is 37.1 Å². The van der Waals surface area contributed by atoms with Gasteiger partial charge in [-0.1, -0.05) is 24.3 Å². The van der Waals surface area contributed by atoms with Gasteiger partial charge in [0, 0.05) is 12.0 Å². The largest absolute Gasteiger partial charge is 0.487 e. The van der Waals surface area contributed by atoms with E-state index in [-0.39, 0.29) is 12.0 Å². The van der Waals surface area contributed by atoms with E-state index in [1.54, 1.807) is 12.1 Å². The summed E-state index contributed by atoms with van der Waals surface area (Å²) in [5.41, 5.74) is 4.51. The monoisotopic (exact) mass is 409 g/mol. The summed E-state index contributed by atoms with van der Waals surface area (Å²) in [6.07, 6.45) is 1.90. The summed E-state index contributed by atoms with van der Waals surface area (Å²) >= 11 is 0.993. The van der Waals surface area contributed by atoms with Crippen LogP contribution in [0.1, 0.15) is 32.0 Å². The number of aromatic nitrogens is 2. The third-order valence-corrected chi connectivity index (χ3v) is 5.23. The molecule has 7 nitrogen and oxygen atoms in total. The normalized spacial score (nSPS) is 14.8. The zero-order valence-corrected chi connectivity index (χ0v) is 16.8. The van der Waals surface area contributed by atoms with Gasteiger partial charge < -0.3 is 14.8 Å². The van der Waals surface area contributed by atoms with Crippen molar-refractivity contribution in [1.82, 2.24) is 14.1 Å². The summed E-state index contributed by atoms with van der Waals surface area (Å²) in [4.78, 5) is 24.3. The summed E-state index contributed by atoms with van der Waals surface area (Å²) in [5.74, 6) is 0.0711. The minimum Gasteiger partial charge on any atom is -0.487 e. The van der Waals surface area contributed by atoms with E-state index >= 15 is 0 Å². The van der Waals surface area contributed by atoms with Crippen LogP contribution in [0, 0.1) is 6.92 Å². The Morgan fingerprint density at radius 2 is 2.10 bits per heavy atom. The first-order chi connectivity index (χ1) is 14.1. The Hall–Kier alpha value is -3.26. The van der Waals surface area contributed by atoms with Gasteiger partial charge in [0.1, 0.15) is 11.9 Å². The first-order valence-corrected chi connectivity index (χ1v) is 9.83. The number of ether oxygens (including phenoxy) is 2. The van der Waals surface area contributed by atoms with E-state index in [1.165, 1.54) is 13.3 Å². The van der Waals surface area contributed by atoms with E-state index in [0.717, 1.165) is 39.7 Å². The molecular formula is C21H19N3O4S. The number of hydrogen-bond acceptors (Lipinski definition) is 7. The molecule has 1 amide bonds. The van der Waals surface area contributed by atoms with Crippen molar-refractivity contribution in [2.45, 2.75) is 19.4 Å². The molecule has 4 rings (SSSR count). The van der Waals surface area contributed by atoms with Crippen molar-refractivity contribution in [2.24, 2.45) is 0 Å². The van der Waals surface area contributed by atoms with Crippen LogP contribution in [0.3, 0.4) is 0 Å². The highest BCUT2D eigenvalue weighted by atomic mass is 32.1. The molecule has 0 aliphatic carbocycles. The Morgan fingerprint density at radius 1 is 1.28 bits per heavy atom. The molecule has 0 radical (unpaired) electrons. The fraction of sp³-hybridized carbons (Fsp3) is 0.238. The second kappa shape index (κ2) is 8.00. The van der Waals surface area contributed by atoms with Crippen molar-refractivity contribution < 1.29 is 19.1 Å². The van der Waals surface area contributed by atoms with Gasteiger partial charge in [-0.25, -0.2) is 4.79 Å². The number of aryl methyl sites for hydroxylation is 1. The maximum absolute atomic E-state index is 12.2. The highest BCUT2D eigenvalue weighted by molar-refractivity contribution is 6.99. The zero-order chi connectivity index (χ0) is 20.4. The van der Waals surface area contributed by atoms with Crippen LogP contribution in [0.15, 0.2) is 42.6 Å². The average Bonchev–Trinajstić information content (AvgIpc) is 3.40. The molecule has 1 aliphatic rings. The van der Waals surface area contributed by atoms with Gasteiger partial charge >= 0.3 is 5.97 Å². The third kappa shape index (κ3) is 3.84. The lowest BCUT2D eigenvalue weighted by atomic mass is 9.94. The Bertz CT molecular complexity index is 1070. The number of hydrogen-bond donors (Lipinski definition) is 1. The third-order valence-electron chi connectivity index (χ3n) is 4.75. The Kier molecular flexibility index (Phi) is 5.26. The number of nitrogens with one attached hydrogen (secondary N) is 1. The SMILES string of the molecule is COC(=O)c1ccccc1-c1cc(C)cc2c1OC(CNC(=O)c1cnsn1)C2. The van der Waals surface area contributed by atoms with Crippen molar-refractivity contribution in [3.63, 3.8) is 0 Å². The first-order valence-electron chi connectivity index (χ1n) is 9.10. The maximum atomic E-state index is 12.2. The number of carbonyl (C=O) groups excluding carboxylic acids is 2. The number of fused-ring (bicyclic) bond motifs is 1. The number of esters is 1. The number of carbonyl (C=O) groups is 2. The molecule has 0 fully saturated rings. The lowest BCUT2D eigenvalue weighted by Gasteiger charge is -2.15. The Labute approximate surface area is 172 Å². The van der Waals surface area contributed by atoms with Gasteiger partial charge in [-0.05, 0) is 35.7 Å². The Balaban J connectivity index is 1.59. The molecule has 2 heterocycles. The van der Waals surface area contributed by atoms with Crippen LogP contribution in [0.2, 0.25) is 0 Å². The number of methoxy groups -OCH3 is 1. The first kappa shape index (κ1) is 19.1. The molecular weight excluding hydrogens is 390 g/mol. The van der Waals surface area contributed by atoms with Crippen molar-refractivity contribution in [2.75, 3.05) is 13.7 Å². The topological polar surface area (TPSA) is 90.4 Å². The van der Waals surface area contributed by atoms with E-state index in [9.17, 15) is 9.59 Å². The summed E-state index contributed by atoms with van der Waals surface area (Å²) in [5, 5.41) is 2.84. The summed E-state index contributed by atoms with van der Waals surface area (Å²) in [6, 6.07) is 11.4. The molecule has 0 saturated carbocycles. The van der Waals surface area contributed by atoms with Crippen LogP contribution in [-0.2, 0) is 11.2 Å². The van der Waals surface area contributed by atoms with E-state index in [0.29, 0.717) is 24.2 Å². The molecule has 1 unspecified atom stereocenters. The number of nitrogens with zero attached hydrogens (tertiary/aromatic N) is 2. The van der Waals surface area contributed by atoms with Gasteiger partial charge in [-0.3, -0.25) is 4.79 Å². The molecule has 1 N–H and O–H groups in total. The second-order valence-electron chi connectivity index (χ2n) is 6.78. The fourth-order valence-corrected chi connectivity index (χ4v) is 3.89. The molecule has 1 atom stereocenters. The van der Waals surface area contributed by atoms with Gasteiger partial charge in [0.15, 0.2) is 5.69 Å². The van der Waals surface area contributed by atoms with Crippen molar-refractivity contribution in [3.8, 4) is 16.9 Å². The van der Waals surface area contributed by atoms with Crippen molar-refractivity contribution in [3.05, 3.63) is 65.0 Å². The van der Waals surface area contributed by atoms with E-state index < -0.39 is 5.97 Å². The predicted octanol–water partition coefficient (Wildman–Crippen LogP) is 3.03.